The Labute approximate surface area is 131 Å². The molecule has 0 bridgehead atoms. The Morgan fingerprint density at radius 3 is 2.55 bits per heavy atom. The van der Waals surface area contributed by atoms with Crippen LogP contribution >= 0.6 is 15.9 Å². The molecule has 1 unspecified atom stereocenters. The highest BCUT2D eigenvalue weighted by molar-refractivity contribution is 9.10. The van der Waals surface area contributed by atoms with Gasteiger partial charge in [0.2, 0.25) is 10.0 Å². The number of halogens is 1. The zero-order valence-corrected chi connectivity index (χ0v) is 14.9. The third-order valence-electron chi connectivity index (χ3n) is 3.29. The number of aryl methyl sites for hydroxylation is 1. The Kier molecular flexibility index (Phi) is 7.20. The van der Waals surface area contributed by atoms with Crippen molar-refractivity contribution in [3.05, 3.63) is 28.2 Å². The lowest BCUT2D eigenvalue weighted by Crippen LogP contribution is -2.32. The third-order valence-corrected chi connectivity index (χ3v) is 5.76. The van der Waals surface area contributed by atoms with Crippen molar-refractivity contribution < 1.29 is 8.42 Å². The molecule has 0 fully saturated rings. The van der Waals surface area contributed by atoms with Gasteiger partial charge >= 0.3 is 0 Å². The second kappa shape index (κ2) is 8.15. The van der Waals surface area contributed by atoms with Crippen LogP contribution in [0.1, 0.15) is 51.5 Å². The molecule has 0 spiro atoms. The molecule has 3 nitrogen and oxygen atoms in total. The normalized spacial score (nSPS) is 13.4. The molecule has 0 heterocycles. The zero-order valence-electron chi connectivity index (χ0n) is 12.4. The van der Waals surface area contributed by atoms with E-state index in [0.717, 1.165) is 22.9 Å². The SMILES string of the molecule is CCCCCCC(C)NS(=O)(=O)c1ccc(Br)c(C)c1. The highest BCUT2D eigenvalue weighted by atomic mass is 79.9. The number of nitrogens with one attached hydrogen (secondary N) is 1. The van der Waals surface area contributed by atoms with Crippen LogP contribution < -0.4 is 4.72 Å². The van der Waals surface area contributed by atoms with Crippen molar-refractivity contribution in [2.24, 2.45) is 0 Å². The highest BCUT2D eigenvalue weighted by Gasteiger charge is 2.17. The molecule has 114 valence electrons. The lowest BCUT2D eigenvalue weighted by atomic mass is 10.1. The lowest BCUT2D eigenvalue weighted by Gasteiger charge is -2.14. The van der Waals surface area contributed by atoms with Crippen LogP contribution in [0.3, 0.4) is 0 Å². The van der Waals surface area contributed by atoms with E-state index in [1.165, 1.54) is 19.3 Å². The summed E-state index contributed by atoms with van der Waals surface area (Å²) in [4.78, 5) is 0.332. The molecule has 1 N–H and O–H groups in total. The van der Waals surface area contributed by atoms with Crippen molar-refractivity contribution in [2.75, 3.05) is 0 Å². The van der Waals surface area contributed by atoms with E-state index in [2.05, 4.69) is 27.6 Å². The molecule has 0 aliphatic rings. The molecule has 1 rings (SSSR count). The Bertz CT molecular complexity index is 529. The fraction of sp³-hybridized carbons (Fsp3) is 0.600. The molecule has 0 amide bonds. The maximum Gasteiger partial charge on any atom is 0.240 e. The van der Waals surface area contributed by atoms with Crippen LogP contribution in [0, 0.1) is 6.92 Å². The van der Waals surface area contributed by atoms with Gasteiger partial charge in [-0.1, -0.05) is 48.5 Å². The van der Waals surface area contributed by atoms with E-state index < -0.39 is 10.0 Å². The average molecular weight is 362 g/mol. The van der Waals surface area contributed by atoms with Crippen molar-refractivity contribution in [3.8, 4) is 0 Å². The van der Waals surface area contributed by atoms with Gasteiger partial charge in [-0.2, -0.15) is 0 Å². The monoisotopic (exact) mass is 361 g/mol. The Morgan fingerprint density at radius 1 is 1.25 bits per heavy atom. The van der Waals surface area contributed by atoms with Gasteiger partial charge in [0.05, 0.1) is 4.90 Å². The number of unbranched alkanes of at least 4 members (excludes halogenated alkanes) is 3. The number of benzene rings is 1. The molecule has 1 aromatic rings. The van der Waals surface area contributed by atoms with Gasteiger partial charge in [-0.3, -0.25) is 0 Å². The second-order valence-corrected chi connectivity index (χ2v) is 7.85. The first-order valence-corrected chi connectivity index (χ1v) is 9.43. The number of hydrogen-bond donors (Lipinski definition) is 1. The van der Waals surface area contributed by atoms with Crippen LogP contribution in [-0.2, 0) is 10.0 Å². The van der Waals surface area contributed by atoms with Crippen molar-refractivity contribution in [1.82, 2.24) is 4.72 Å². The van der Waals surface area contributed by atoms with Gasteiger partial charge in [-0.25, -0.2) is 13.1 Å². The first-order valence-electron chi connectivity index (χ1n) is 7.15. The Hall–Kier alpha value is -0.390. The quantitative estimate of drug-likeness (QED) is 0.697. The summed E-state index contributed by atoms with van der Waals surface area (Å²) in [7, 11) is -3.41. The molecule has 0 saturated carbocycles. The van der Waals surface area contributed by atoms with Crippen LogP contribution in [0.15, 0.2) is 27.6 Å². The van der Waals surface area contributed by atoms with E-state index in [9.17, 15) is 8.42 Å². The van der Waals surface area contributed by atoms with E-state index in [1.54, 1.807) is 18.2 Å². The standard InChI is InChI=1S/C15H24BrNO2S/c1-4-5-6-7-8-13(3)17-20(18,19)14-9-10-15(16)12(2)11-14/h9-11,13,17H,4-8H2,1-3H3. The summed E-state index contributed by atoms with van der Waals surface area (Å²) in [6.07, 6.45) is 5.52. The van der Waals surface area contributed by atoms with E-state index in [-0.39, 0.29) is 6.04 Å². The first-order chi connectivity index (χ1) is 9.36. The van der Waals surface area contributed by atoms with Gasteiger partial charge in [-0.15, -0.1) is 0 Å². The molecule has 1 aromatic carbocycles. The predicted octanol–water partition coefficient (Wildman–Crippen LogP) is 4.39. The Morgan fingerprint density at radius 2 is 1.95 bits per heavy atom. The van der Waals surface area contributed by atoms with Crippen molar-refractivity contribution >= 4 is 26.0 Å². The number of rotatable bonds is 8. The predicted molar refractivity (Wildman–Crippen MR) is 87.4 cm³/mol. The minimum Gasteiger partial charge on any atom is -0.208 e. The molecule has 20 heavy (non-hydrogen) atoms. The summed E-state index contributed by atoms with van der Waals surface area (Å²) in [5, 5.41) is 0. The molecule has 5 heteroatoms. The Balaban J connectivity index is 2.62. The van der Waals surface area contributed by atoms with Crippen LogP contribution in [0.25, 0.3) is 0 Å². The summed E-state index contributed by atoms with van der Waals surface area (Å²) in [6, 6.07) is 5.07. The fourth-order valence-corrected chi connectivity index (χ4v) is 3.66. The molecule has 0 aliphatic carbocycles. The van der Waals surface area contributed by atoms with E-state index in [4.69, 9.17) is 0 Å². The minimum absolute atomic E-state index is 0.0270. The van der Waals surface area contributed by atoms with Crippen LogP contribution in [0.4, 0.5) is 0 Å². The maximum atomic E-state index is 12.3. The molecule has 0 radical (unpaired) electrons. The van der Waals surface area contributed by atoms with E-state index in [0.29, 0.717) is 4.90 Å². The minimum atomic E-state index is -3.41. The molecule has 1 atom stereocenters. The lowest BCUT2D eigenvalue weighted by molar-refractivity contribution is 0.522. The first kappa shape index (κ1) is 17.7. The van der Waals surface area contributed by atoms with Gasteiger partial charge in [0.15, 0.2) is 0 Å². The highest BCUT2D eigenvalue weighted by Crippen LogP contribution is 2.20. The maximum absolute atomic E-state index is 12.3. The fourth-order valence-electron chi connectivity index (χ4n) is 2.05. The second-order valence-electron chi connectivity index (χ2n) is 5.28. The molecule has 0 saturated heterocycles. The zero-order chi connectivity index (χ0) is 15.2. The van der Waals surface area contributed by atoms with Crippen molar-refractivity contribution in [1.29, 1.82) is 0 Å². The molecular weight excluding hydrogens is 338 g/mol. The summed E-state index contributed by atoms with van der Waals surface area (Å²) in [5.41, 5.74) is 0.920. The van der Waals surface area contributed by atoms with Gasteiger partial charge in [0, 0.05) is 10.5 Å². The molecular formula is C15H24BrNO2S. The van der Waals surface area contributed by atoms with Crippen LogP contribution in [0.5, 0.6) is 0 Å². The smallest absolute Gasteiger partial charge is 0.208 e. The number of hydrogen-bond acceptors (Lipinski definition) is 2. The molecule has 0 aliphatic heterocycles. The summed E-state index contributed by atoms with van der Waals surface area (Å²) in [5.74, 6) is 0. The van der Waals surface area contributed by atoms with Gasteiger partial charge in [0.25, 0.3) is 0 Å². The summed E-state index contributed by atoms with van der Waals surface area (Å²) < 4.78 is 28.2. The molecule has 0 aromatic heterocycles. The average Bonchev–Trinajstić information content (AvgIpc) is 2.37. The van der Waals surface area contributed by atoms with Crippen LogP contribution in [-0.4, -0.2) is 14.5 Å². The van der Waals surface area contributed by atoms with E-state index in [1.807, 2.05) is 13.8 Å². The topological polar surface area (TPSA) is 46.2 Å². The third kappa shape index (κ3) is 5.54. The largest absolute Gasteiger partial charge is 0.240 e. The van der Waals surface area contributed by atoms with Crippen LogP contribution in [0.2, 0.25) is 0 Å². The van der Waals surface area contributed by atoms with Crippen molar-refractivity contribution in [3.63, 3.8) is 0 Å². The van der Waals surface area contributed by atoms with Gasteiger partial charge in [-0.05, 0) is 44.0 Å². The van der Waals surface area contributed by atoms with Gasteiger partial charge in [0.1, 0.15) is 0 Å². The summed E-state index contributed by atoms with van der Waals surface area (Å²) in [6.45, 7) is 5.98. The van der Waals surface area contributed by atoms with E-state index >= 15 is 0 Å². The van der Waals surface area contributed by atoms with Gasteiger partial charge < -0.3 is 0 Å². The number of sulfonamides is 1. The summed E-state index contributed by atoms with van der Waals surface area (Å²) >= 11 is 3.38. The van der Waals surface area contributed by atoms with Crippen molar-refractivity contribution in [2.45, 2.75) is 63.8 Å².